The maximum absolute atomic E-state index is 12.7. The molecule has 0 aromatic heterocycles. The summed E-state index contributed by atoms with van der Waals surface area (Å²) in [7, 11) is -1.94. The van der Waals surface area contributed by atoms with E-state index in [2.05, 4.69) is 0 Å². The lowest BCUT2D eigenvalue weighted by atomic mass is 9.94. The Balaban J connectivity index is 0.00000484. The van der Waals surface area contributed by atoms with Crippen molar-refractivity contribution in [1.29, 1.82) is 0 Å². The lowest BCUT2D eigenvalue weighted by Crippen LogP contribution is -2.39. The van der Waals surface area contributed by atoms with E-state index in [1.165, 1.54) is 4.31 Å². The minimum atomic E-state index is -3.53. The Hall–Kier alpha value is -0.820. The first-order chi connectivity index (χ1) is 9.99. The number of nitrogens with two attached hydrogens (primary N) is 1. The predicted octanol–water partition coefficient (Wildman–Crippen LogP) is 2.81. The van der Waals surface area contributed by atoms with Crippen LogP contribution in [0, 0.1) is 12.3 Å². The Bertz CT molecular complexity index is 616. The van der Waals surface area contributed by atoms with Gasteiger partial charge in [0.2, 0.25) is 10.0 Å². The van der Waals surface area contributed by atoms with Crippen molar-refractivity contribution < 1.29 is 13.2 Å². The highest BCUT2D eigenvalue weighted by molar-refractivity contribution is 7.89. The first kappa shape index (κ1) is 22.2. The molecule has 2 N–H and O–H groups in total. The zero-order valence-corrected chi connectivity index (χ0v) is 16.4. The Kier molecular flexibility index (Phi) is 8.03. The van der Waals surface area contributed by atoms with Gasteiger partial charge in [-0.3, -0.25) is 0 Å². The highest BCUT2D eigenvalue weighted by Crippen LogP contribution is 2.26. The van der Waals surface area contributed by atoms with Crippen LogP contribution in [0.25, 0.3) is 0 Å². The molecule has 0 radical (unpaired) electrons. The summed E-state index contributed by atoms with van der Waals surface area (Å²) in [6.45, 7) is 10.4. The van der Waals surface area contributed by atoms with Crippen LogP contribution >= 0.6 is 12.4 Å². The van der Waals surface area contributed by atoms with Crippen LogP contribution in [0.15, 0.2) is 23.1 Å². The van der Waals surface area contributed by atoms with Crippen molar-refractivity contribution in [3.05, 3.63) is 23.8 Å². The van der Waals surface area contributed by atoms with E-state index in [1.54, 1.807) is 25.2 Å². The number of hydrogen-bond acceptors (Lipinski definition) is 4. The topological polar surface area (TPSA) is 72.6 Å². The van der Waals surface area contributed by atoms with Crippen LogP contribution in [0.1, 0.15) is 33.3 Å². The lowest BCUT2D eigenvalue weighted by molar-refractivity contribution is 0.240. The van der Waals surface area contributed by atoms with Crippen molar-refractivity contribution >= 4 is 22.4 Å². The number of nitrogens with zero attached hydrogens (tertiary/aromatic N) is 1. The minimum Gasteiger partial charge on any atom is -0.491 e. The van der Waals surface area contributed by atoms with Crippen LogP contribution in [-0.2, 0) is 10.0 Å². The highest BCUT2D eigenvalue weighted by atomic mass is 35.5. The molecule has 0 amide bonds. The smallest absolute Gasteiger partial charge is 0.242 e. The van der Waals surface area contributed by atoms with Crippen molar-refractivity contribution in [3.63, 3.8) is 0 Å². The number of ether oxygens (including phenoxy) is 1. The zero-order chi connectivity index (χ0) is 17.1. The zero-order valence-electron chi connectivity index (χ0n) is 14.8. The SMILES string of the molecule is Cc1cc(S(=O)(=O)N(C)CC(C)(C)CN)ccc1OC(C)C.Cl. The molecule has 0 spiro atoms. The first-order valence-electron chi connectivity index (χ1n) is 7.43. The van der Waals surface area contributed by atoms with Gasteiger partial charge in [-0.2, -0.15) is 0 Å². The molecular weight excluding hydrogens is 336 g/mol. The van der Waals surface area contributed by atoms with Crippen molar-refractivity contribution in [3.8, 4) is 5.75 Å². The van der Waals surface area contributed by atoms with Gasteiger partial charge in [-0.1, -0.05) is 13.8 Å². The molecule has 0 saturated heterocycles. The molecule has 7 heteroatoms. The highest BCUT2D eigenvalue weighted by Gasteiger charge is 2.27. The summed E-state index contributed by atoms with van der Waals surface area (Å²) >= 11 is 0. The Morgan fingerprint density at radius 1 is 1.30 bits per heavy atom. The number of hydrogen-bond donors (Lipinski definition) is 1. The summed E-state index contributed by atoms with van der Waals surface area (Å²) in [6, 6.07) is 4.95. The van der Waals surface area contributed by atoms with Gasteiger partial charge in [-0.25, -0.2) is 12.7 Å². The van der Waals surface area contributed by atoms with E-state index in [0.717, 1.165) is 5.56 Å². The summed E-state index contributed by atoms with van der Waals surface area (Å²) in [4.78, 5) is 0.274. The molecule has 0 aliphatic rings. The van der Waals surface area contributed by atoms with Crippen molar-refractivity contribution in [2.45, 2.75) is 45.6 Å². The predicted molar refractivity (Wildman–Crippen MR) is 96.8 cm³/mol. The summed E-state index contributed by atoms with van der Waals surface area (Å²) in [6.07, 6.45) is 0.0502. The third-order valence-electron chi connectivity index (χ3n) is 3.42. The van der Waals surface area contributed by atoms with Crippen LogP contribution in [0.5, 0.6) is 5.75 Å². The Labute approximate surface area is 146 Å². The molecule has 23 heavy (non-hydrogen) atoms. The monoisotopic (exact) mass is 364 g/mol. The summed E-state index contributed by atoms with van der Waals surface area (Å²) in [5.41, 5.74) is 6.23. The van der Waals surface area contributed by atoms with Gasteiger partial charge in [0.05, 0.1) is 11.0 Å². The van der Waals surface area contributed by atoms with Crippen LogP contribution in [-0.4, -0.2) is 39.0 Å². The van der Waals surface area contributed by atoms with Gasteiger partial charge < -0.3 is 10.5 Å². The lowest BCUT2D eigenvalue weighted by Gasteiger charge is -2.28. The van der Waals surface area contributed by atoms with Gasteiger partial charge in [0, 0.05) is 13.6 Å². The summed E-state index contributed by atoms with van der Waals surface area (Å²) < 4.78 is 32.3. The molecular formula is C16H29ClN2O3S. The molecule has 0 aliphatic carbocycles. The average Bonchev–Trinajstić information content (AvgIpc) is 2.40. The molecule has 134 valence electrons. The fourth-order valence-electron chi connectivity index (χ4n) is 2.10. The van der Waals surface area contributed by atoms with Gasteiger partial charge >= 0.3 is 0 Å². The molecule has 0 aliphatic heterocycles. The van der Waals surface area contributed by atoms with Gasteiger partial charge in [0.1, 0.15) is 5.75 Å². The number of halogens is 1. The summed E-state index contributed by atoms with van der Waals surface area (Å²) in [5, 5.41) is 0. The van der Waals surface area contributed by atoms with Crippen molar-refractivity contribution in [1.82, 2.24) is 4.31 Å². The second kappa shape index (κ2) is 8.33. The number of aryl methyl sites for hydroxylation is 1. The average molecular weight is 365 g/mol. The van der Waals surface area contributed by atoms with Gasteiger partial charge in [-0.05, 0) is 56.5 Å². The molecule has 0 unspecified atom stereocenters. The number of sulfonamides is 1. The maximum Gasteiger partial charge on any atom is 0.242 e. The quantitative estimate of drug-likeness (QED) is 0.807. The molecule has 0 saturated carbocycles. The summed E-state index contributed by atoms with van der Waals surface area (Å²) in [5.74, 6) is 0.707. The van der Waals surface area contributed by atoms with Crippen molar-refractivity contribution in [2.75, 3.05) is 20.1 Å². The fraction of sp³-hybridized carbons (Fsp3) is 0.625. The second-order valence-corrected chi connectivity index (χ2v) is 8.77. The Morgan fingerprint density at radius 2 is 1.87 bits per heavy atom. The van der Waals surface area contributed by atoms with E-state index in [0.29, 0.717) is 18.8 Å². The van der Waals surface area contributed by atoms with Crippen LogP contribution in [0.3, 0.4) is 0 Å². The Morgan fingerprint density at radius 3 is 2.30 bits per heavy atom. The largest absolute Gasteiger partial charge is 0.491 e. The number of benzene rings is 1. The first-order valence-corrected chi connectivity index (χ1v) is 8.87. The fourth-order valence-corrected chi connectivity index (χ4v) is 3.55. The molecule has 0 atom stereocenters. The van der Waals surface area contributed by atoms with Gasteiger partial charge in [-0.15, -0.1) is 12.4 Å². The van der Waals surface area contributed by atoms with E-state index in [9.17, 15) is 8.42 Å². The molecule has 5 nitrogen and oxygen atoms in total. The minimum absolute atomic E-state index is 0. The number of rotatable bonds is 7. The standard InChI is InChI=1S/C16H28N2O3S.ClH/c1-12(2)21-15-8-7-14(9-13(15)3)22(19,20)18(6)11-16(4,5)10-17;/h7-9,12H,10-11,17H2,1-6H3;1H. The second-order valence-electron chi connectivity index (χ2n) is 6.72. The molecule has 1 rings (SSSR count). The van der Waals surface area contributed by atoms with Crippen LogP contribution < -0.4 is 10.5 Å². The molecule has 0 fully saturated rings. The molecule has 1 aromatic rings. The van der Waals surface area contributed by atoms with E-state index in [1.807, 2.05) is 34.6 Å². The van der Waals surface area contributed by atoms with Crippen molar-refractivity contribution in [2.24, 2.45) is 11.1 Å². The molecule has 1 aromatic carbocycles. The van der Waals surface area contributed by atoms with E-state index in [-0.39, 0.29) is 28.8 Å². The van der Waals surface area contributed by atoms with Gasteiger partial charge in [0.15, 0.2) is 0 Å². The normalized spacial score (nSPS) is 12.4. The maximum atomic E-state index is 12.7. The molecule has 0 bridgehead atoms. The van der Waals surface area contributed by atoms with E-state index in [4.69, 9.17) is 10.5 Å². The molecule has 0 heterocycles. The van der Waals surface area contributed by atoms with Gasteiger partial charge in [0.25, 0.3) is 0 Å². The van der Waals surface area contributed by atoms with Crippen LogP contribution in [0.2, 0.25) is 0 Å². The third kappa shape index (κ3) is 5.95. The van der Waals surface area contributed by atoms with Crippen LogP contribution in [0.4, 0.5) is 0 Å². The van der Waals surface area contributed by atoms with E-state index >= 15 is 0 Å². The third-order valence-corrected chi connectivity index (χ3v) is 5.22. The van der Waals surface area contributed by atoms with E-state index < -0.39 is 10.0 Å².